The smallest absolute Gasteiger partial charge is 0.0992 e. The second kappa shape index (κ2) is 5.63. The molecule has 1 unspecified atom stereocenters. The third-order valence-electron chi connectivity index (χ3n) is 3.04. The Morgan fingerprint density at radius 2 is 1.71 bits per heavy atom. The fourth-order valence-electron chi connectivity index (χ4n) is 1.68. The van der Waals surface area contributed by atoms with E-state index < -0.39 is 5.60 Å². The lowest BCUT2D eigenvalue weighted by Crippen LogP contribution is -2.47. The minimum absolute atomic E-state index is 0.146. The highest BCUT2D eigenvalue weighted by atomic mass is 16.3. The first-order valence-corrected chi connectivity index (χ1v) is 6.01. The van der Waals surface area contributed by atoms with E-state index in [1.807, 2.05) is 44.2 Å². The van der Waals surface area contributed by atoms with Gasteiger partial charge in [-0.15, -0.1) is 0 Å². The fourth-order valence-corrected chi connectivity index (χ4v) is 1.68. The van der Waals surface area contributed by atoms with Gasteiger partial charge in [0.1, 0.15) is 0 Å². The minimum Gasteiger partial charge on any atom is -0.396 e. The van der Waals surface area contributed by atoms with Crippen LogP contribution in [0.4, 0.5) is 0 Å². The molecule has 0 saturated heterocycles. The average Bonchev–Trinajstić information content (AvgIpc) is 2.28. The standard InChI is InChI=1S/C14H23NO2/c1-13(2,9-10-16)15-11-14(3,17)12-7-5-4-6-8-12/h4-8,15-17H,9-11H2,1-3H3. The molecule has 3 heteroatoms. The zero-order valence-electron chi connectivity index (χ0n) is 10.9. The van der Waals surface area contributed by atoms with Crippen LogP contribution in [0, 0.1) is 0 Å². The summed E-state index contributed by atoms with van der Waals surface area (Å²) in [6, 6.07) is 9.61. The second-order valence-corrected chi connectivity index (χ2v) is 5.35. The number of aliphatic hydroxyl groups excluding tert-OH is 1. The van der Waals surface area contributed by atoms with E-state index in [-0.39, 0.29) is 12.1 Å². The molecule has 0 spiro atoms. The SMILES string of the molecule is CC(C)(CCO)NCC(C)(O)c1ccccc1. The number of hydrogen-bond donors (Lipinski definition) is 3. The first-order valence-electron chi connectivity index (χ1n) is 6.01. The van der Waals surface area contributed by atoms with Crippen LogP contribution in [0.3, 0.4) is 0 Å². The van der Waals surface area contributed by atoms with Crippen LogP contribution in [0.5, 0.6) is 0 Å². The van der Waals surface area contributed by atoms with Crippen molar-refractivity contribution in [3.8, 4) is 0 Å². The van der Waals surface area contributed by atoms with Gasteiger partial charge in [0, 0.05) is 18.7 Å². The molecule has 0 radical (unpaired) electrons. The van der Waals surface area contributed by atoms with Crippen molar-refractivity contribution < 1.29 is 10.2 Å². The Kier molecular flexibility index (Phi) is 4.69. The molecule has 96 valence electrons. The van der Waals surface area contributed by atoms with Crippen molar-refractivity contribution in [3.63, 3.8) is 0 Å². The van der Waals surface area contributed by atoms with Crippen LogP contribution >= 0.6 is 0 Å². The molecule has 0 aliphatic carbocycles. The van der Waals surface area contributed by atoms with Gasteiger partial charge >= 0.3 is 0 Å². The molecule has 0 aliphatic rings. The van der Waals surface area contributed by atoms with Crippen molar-refractivity contribution in [3.05, 3.63) is 35.9 Å². The summed E-state index contributed by atoms with van der Waals surface area (Å²) in [5, 5.41) is 22.6. The monoisotopic (exact) mass is 237 g/mol. The van der Waals surface area contributed by atoms with Gasteiger partial charge in [0.15, 0.2) is 0 Å². The van der Waals surface area contributed by atoms with Crippen molar-refractivity contribution in [1.82, 2.24) is 5.32 Å². The van der Waals surface area contributed by atoms with Crippen LogP contribution in [0.15, 0.2) is 30.3 Å². The number of nitrogens with one attached hydrogen (secondary N) is 1. The van der Waals surface area contributed by atoms with Gasteiger partial charge in [-0.25, -0.2) is 0 Å². The Balaban J connectivity index is 2.62. The number of aliphatic hydroxyl groups is 2. The highest BCUT2D eigenvalue weighted by Crippen LogP contribution is 2.20. The summed E-state index contributed by atoms with van der Waals surface area (Å²) in [4.78, 5) is 0. The summed E-state index contributed by atoms with van der Waals surface area (Å²) >= 11 is 0. The minimum atomic E-state index is -0.895. The van der Waals surface area contributed by atoms with E-state index in [9.17, 15) is 5.11 Å². The number of hydrogen-bond acceptors (Lipinski definition) is 3. The Morgan fingerprint density at radius 1 is 1.12 bits per heavy atom. The molecule has 0 aliphatic heterocycles. The zero-order valence-corrected chi connectivity index (χ0v) is 10.9. The molecule has 3 N–H and O–H groups in total. The van der Waals surface area contributed by atoms with Crippen LogP contribution in [0.2, 0.25) is 0 Å². The van der Waals surface area contributed by atoms with Crippen LogP contribution in [0.25, 0.3) is 0 Å². The van der Waals surface area contributed by atoms with Gasteiger partial charge in [-0.3, -0.25) is 0 Å². The van der Waals surface area contributed by atoms with Gasteiger partial charge in [-0.2, -0.15) is 0 Å². The molecule has 3 nitrogen and oxygen atoms in total. The quantitative estimate of drug-likeness (QED) is 0.705. The molecule has 0 fully saturated rings. The lowest BCUT2D eigenvalue weighted by atomic mass is 9.93. The van der Waals surface area contributed by atoms with E-state index in [0.717, 1.165) is 5.56 Å². The van der Waals surface area contributed by atoms with Crippen molar-refractivity contribution in [2.45, 2.75) is 38.3 Å². The van der Waals surface area contributed by atoms with Crippen molar-refractivity contribution >= 4 is 0 Å². The highest BCUT2D eigenvalue weighted by molar-refractivity contribution is 5.21. The summed E-state index contributed by atoms with van der Waals surface area (Å²) in [5.74, 6) is 0. The Morgan fingerprint density at radius 3 is 2.24 bits per heavy atom. The van der Waals surface area contributed by atoms with Crippen molar-refractivity contribution in [2.75, 3.05) is 13.2 Å². The first-order chi connectivity index (χ1) is 7.87. The predicted molar refractivity (Wildman–Crippen MR) is 69.8 cm³/mol. The molecule has 1 aromatic carbocycles. The largest absolute Gasteiger partial charge is 0.396 e. The third-order valence-corrected chi connectivity index (χ3v) is 3.04. The maximum Gasteiger partial charge on any atom is 0.0992 e. The van der Waals surface area contributed by atoms with Gasteiger partial charge in [0.05, 0.1) is 5.60 Å². The molecule has 0 heterocycles. The highest BCUT2D eigenvalue weighted by Gasteiger charge is 2.26. The van der Waals surface area contributed by atoms with Gasteiger partial charge in [-0.1, -0.05) is 30.3 Å². The van der Waals surface area contributed by atoms with Gasteiger partial charge in [0.2, 0.25) is 0 Å². The van der Waals surface area contributed by atoms with E-state index in [0.29, 0.717) is 13.0 Å². The average molecular weight is 237 g/mol. The summed E-state index contributed by atoms with van der Waals surface area (Å²) in [5.41, 5.74) is -0.172. The second-order valence-electron chi connectivity index (χ2n) is 5.35. The zero-order chi connectivity index (χ0) is 12.9. The number of β-amino-alcohol motifs (C(OH)–C–C–N with tert-alkyl or cyclic N) is 1. The molecule has 17 heavy (non-hydrogen) atoms. The first kappa shape index (κ1) is 14.2. The molecule has 1 aromatic rings. The molecule has 0 saturated carbocycles. The van der Waals surface area contributed by atoms with Gasteiger partial charge in [-0.05, 0) is 32.8 Å². The number of benzene rings is 1. The molecular weight excluding hydrogens is 214 g/mol. The van der Waals surface area contributed by atoms with Crippen molar-refractivity contribution in [1.29, 1.82) is 0 Å². The Bertz CT molecular complexity index is 333. The van der Waals surface area contributed by atoms with Crippen LogP contribution in [-0.2, 0) is 5.60 Å². The van der Waals surface area contributed by atoms with Gasteiger partial charge < -0.3 is 15.5 Å². The topological polar surface area (TPSA) is 52.5 Å². The van der Waals surface area contributed by atoms with Crippen LogP contribution < -0.4 is 5.32 Å². The summed E-state index contributed by atoms with van der Waals surface area (Å²) < 4.78 is 0. The maximum absolute atomic E-state index is 10.4. The maximum atomic E-state index is 10.4. The lowest BCUT2D eigenvalue weighted by Gasteiger charge is -2.32. The Labute approximate surface area is 103 Å². The molecule has 0 aromatic heterocycles. The molecule has 1 rings (SSSR count). The van der Waals surface area contributed by atoms with E-state index in [1.54, 1.807) is 6.92 Å². The third kappa shape index (κ3) is 4.46. The number of rotatable bonds is 6. The van der Waals surface area contributed by atoms with Crippen LogP contribution in [-0.4, -0.2) is 28.9 Å². The summed E-state index contributed by atoms with van der Waals surface area (Å²) in [7, 11) is 0. The summed E-state index contributed by atoms with van der Waals surface area (Å²) in [6.07, 6.45) is 0.665. The fraction of sp³-hybridized carbons (Fsp3) is 0.571. The van der Waals surface area contributed by atoms with E-state index in [2.05, 4.69) is 5.32 Å². The van der Waals surface area contributed by atoms with E-state index >= 15 is 0 Å². The normalized spacial score (nSPS) is 15.6. The van der Waals surface area contributed by atoms with Crippen LogP contribution in [0.1, 0.15) is 32.8 Å². The van der Waals surface area contributed by atoms with Crippen molar-refractivity contribution in [2.24, 2.45) is 0 Å². The molecular formula is C14H23NO2. The van der Waals surface area contributed by atoms with Gasteiger partial charge in [0.25, 0.3) is 0 Å². The summed E-state index contributed by atoms with van der Waals surface area (Å²) in [6.45, 7) is 6.44. The molecule has 1 atom stereocenters. The van der Waals surface area contributed by atoms with E-state index in [1.165, 1.54) is 0 Å². The van der Waals surface area contributed by atoms with E-state index in [4.69, 9.17) is 5.11 Å². The Hall–Kier alpha value is -0.900. The predicted octanol–water partition coefficient (Wildman–Crippen LogP) is 1.64. The molecule has 0 bridgehead atoms. The lowest BCUT2D eigenvalue weighted by molar-refractivity contribution is 0.0469. The molecule has 0 amide bonds.